The maximum absolute atomic E-state index is 13.0. The Kier molecular flexibility index (Phi) is 5.34. The largest absolute Gasteiger partial charge is 0.493 e. The van der Waals surface area contributed by atoms with Gasteiger partial charge in [-0.15, -0.1) is 0 Å². The molecule has 3 aromatic rings. The van der Waals surface area contributed by atoms with Crippen LogP contribution in [0.5, 0.6) is 11.5 Å². The number of aromatic nitrogens is 1. The van der Waals surface area contributed by atoms with Crippen molar-refractivity contribution in [2.45, 2.75) is 13.3 Å². The lowest BCUT2D eigenvalue weighted by Gasteiger charge is -2.36. The normalized spacial score (nSPS) is 14.3. The monoisotopic (exact) mass is 393 g/mol. The fourth-order valence-electron chi connectivity index (χ4n) is 4.06. The Bertz CT molecular complexity index is 1010. The topological polar surface area (TPSA) is 57.8 Å². The zero-order chi connectivity index (χ0) is 20.4. The number of amides is 1. The van der Waals surface area contributed by atoms with Gasteiger partial charge in [0.1, 0.15) is 0 Å². The number of hydrogen-bond donors (Lipinski definition) is 1. The van der Waals surface area contributed by atoms with Gasteiger partial charge in [-0.05, 0) is 30.7 Å². The van der Waals surface area contributed by atoms with E-state index in [0.717, 1.165) is 48.3 Å². The van der Waals surface area contributed by atoms with E-state index in [1.807, 2.05) is 30.0 Å². The summed E-state index contributed by atoms with van der Waals surface area (Å²) >= 11 is 0. The van der Waals surface area contributed by atoms with Crippen LogP contribution in [0.25, 0.3) is 10.9 Å². The highest BCUT2D eigenvalue weighted by molar-refractivity contribution is 5.92. The molecule has 0 saturated carbocycles. The summed E-state index contributed by atoms with van der Waals surface area (Å²) in [6, 6.07) is 14.2. The first-order chi connectivity index (χ1) is 14.1. The van der Waals surface area contributed by atoms with Crippen LogP contribution in [-0.2, 0) is 11.2 Å². The van der Waals surface area contributed by atoms with Crippen LogP contribution in [0.4, 0.5) is 5.69 Å². The molecule has 1 aliphatic rings. The third kappa shape index (κ3) is 3.75. The van der Waals surface area contributed by atoms with Gasteiger partial charge in [0, 0.05) is 54.5 Å². The SMILES string of the molecule is COc1cc2[nH]c(C)c(CC(=O)N3CCN(c4ccccc4)CC3)c2cc1OC. The number of para-hydroxylation sites is 1. The van der Waals surface area contributed by atoms with Gasteiger partial charge in [0.15, 0.2) is 11.5 Å². The molecule has 0 bridgehead atoms. The summed E-state index contributed by atoms with van der Waals surface area (Å²) in [5.74, 6) is 1.51. The third-order valence-electron chi connectivity index (χ3n) is 5.71. The van der Waals surface area contributed by atoms with Crippen molar-refractivity contribution < 1.29 is 14.3 Å². The smallest absolute Gasteiger partial charge is 0.227 e. The van der Waals surface area contributed by atoms with Gasteiger partial charge in [-0.2, -0.15) is 0 Å². The number of hydrogen-bond acceptors (Lipinski definition) is 4. The second kappa shape index (κ2) is 8.07. The highest BCUT2D eigenvalue weighted by atomic mass is 16.5. The van der Waals surface area contributed by atoms with E-state index in [-0.39, 0.29) is 5.91 Å². The number of anilines is 1. The molecule has 1 fully saturated rings. The zero-order valence-corrected chi connectivity index (χ0v) is 17.2. The lowest BCUT2D eigenvalue weighted by atomic mass is 10.1. The molecule has 6 heteroatoms. The minimum absolute atomic E-state index is 0.163. The number of benzene rings is 2. The molecule has 152 valence electrons. The molecule has 2 aromatic carbocycles. The Morgan fingerprint density at radius 1 is 1.00 bits per heavy atom. The van der Waals surface area contributed by atoms with Gasteiger partial charge in [0.05, 0.1) is 20.6 Å². The fraction of sp³-hybridized carbons (Fsp3) is 0.348. The average Bonchev–Trinajstić information content (AvgIpc) is 3.07. The van der Waals surface area contributed by atoms with Crippen molar-refractivity contribution >= 4 is 22.5 Å². The molecular formula is C23H27N3O3. The van der Waals surface area contributed by atoms with Crippen LogP contribution < -0.4 is 14.4 Å². The Labute approximate surface area is 171 Å². The first-order valence-corrected chi connectivity index (χ1v) is 9.91. The third-order valence-corrected chi connectivity index (χ3v) is 5.71. The Morgan fingerprint density at radius 3 is 2.31 bits per heavy atom. The van der Waals surface area contributed by atoms with E-state index in [1.165, 1.54) is 5.69 Å². The minimum atomic E-state index is 0.163. The van der Waals surface area contributed by atoms with Gasteiger partial charge < -0.3 is 24.3 Å². The fourth-order valence-corrected chi connectivity index (χ4v) is 4.06. The summed E-state index contributed by atoms with van der Waals surface area (Å²) in [6.07, 6.45) is 0.382. The molecule has 1 N–H and O–H groups in total. The van der Waals surface area contributed by atoms with Gasteiger partial charge in [0.25, 0.3) is 0 Å². The zero-order valence-electron chi connectivity index (χ0n) is 17.2. The number of carbonyl (C=O) groups is 1. The van der Waals surface area contributed by atoms with Crippen molar-refractivity contribution in [1.29, 1.82) is 0 Å². The standard InChI is InChI=1S/C23H27N3O3/c1-16-18(19-13-21(28-2)22(29-3)15-20(19)24-16)14-23(27)26-11-9-25(10-12-26)17-7-5-4-6-8-17/h4-8,13,15,24H,9-12,14H2,1-3H3. The number of ether oxygens (including phenoxy) is 2. The van der Waals surface area contributed by atoms with Crippen LogP contribution in [0.15, 0.2) is 42.5 Å². The van der Waals surface area contributed by atoms with Gasteiger partial charge in [0.2, 0.25) is 5.91 Å². The molecule has 1 amide bonds. The second-order valence-electron chi connectivity index (χ2n) is 7.36. The summed E-state index contributed by atoms with van der Waals surface area (Å²) in [6.45, 7) is 5.20. The molecule has 0 atom stereocenters. The number of fused-ring (bicyclic) bond motifs is 1. The molecule has 6 nitrogen and oxygen atoms in total. The lowest BCUT2D eigenvalue weighted by Crippen LogP contribution is -2.49. The van der Waals surface area contributed by atoms with Crippen molar-refractivity contribution in [3.05, 3.63) is 53.7 Å². The number of aromatic amines is 1. The molecule has 2 heterocycles. The molecule has 0 aliphatic carbocycles. The van der Waals surface area contributed by atoms with E-state index in [4.69, 9.17) is 9.47 Å². The molecule has 29 heavy (non-hydrogen) atoms. The van der Waals surface area contributed by atoms with Crippen molar-refractivity contribution in [1.82, 2.24) is 9.88 Å². The molecule has 4 rings (SSSR count). The molecule has 1 aliphatic heterocycles. The molecular weight excluding hydrogens is 366 g/mol. The predicted molar refractivity (Wildman–Crippen MR) is 115 cm³/mol. The average molecular weight is 393 g/mol. The van der Waals surface area contributed by atoms with Crippen molar-refractivity contribution in [2.24, 2.45) is 0 Å². The van der Waals surface area contributed by atoms with E-state index in [2.05, 4.69) is 34.1 Å². The second-order valence-corrected chi connectivity index (χ2v) is 7.36. The molecule has 1 saturated heterocycles. The van der Waals surface area contributed by atoms with E-state index >= 15 is 0 Å². The summed E-state index contributed by atoms with van der Waals surface area (Å²) in [5.41, 5.74) is 4.20. The van der Waals surface area contributed by atoms with Gasteiger partial charge in [-0.25, -0.2) is 0 Å². The van der Waals surface area contributed by atoms with E-state index in [1.54, 1.807) is 14.2 Å². The minimum Gasteiger partial charge on any atom is -0.493 e. The summed E-state index contributed by atoms with van der Waals surface area (Å²) in [7, 11) is 3.25. The summed E-state index contributed by atoms with van der Waals surface area (Å²) in [4.78, 5) is 20.7. The number of H-pyrrole nitrogens is 1. The summed E-state index contributed by atoms with van der Waals surface area (Å²) in [5, 5.41) is 1.01. The number of rotatable bonds is 5. The van der Waals surface area contributed by atoms with E-state index in [9.17, 15) is 4.79 Å². The van der Waals surface area contributed by atoms with E-state index < -0.39 is 0 Å². The number of nitrogens with one attached hydrogen (secondary N) is 1. The van der Waals surface area contributed by atoms with Gasteiger partial charge >= 0.3 is 0 Å². The number of carbonyl (C=O) groups excluding carboxylic acids is 1. The van der Waals surface area contributed by atoms with Crippen LogP contribution in [0, 0.1) is 6.92 Å². The maximum Gasteiger partial charge on any atom is 0.227 e. The molecule has 1 aromatic heterocycles. The van der Waals surface area contributed by atoms with Gasteiger partial charge in [-0.1, -0.05) is 18.2 Å². The van der Waals surface area contributed by atoms with Crippen molar-refractivity contribution in [3.8, 4) is 11.5 Å². The quantitative estimate of drug-likeness (QED) is 0.722. The molecule has 0 unspecified atom stereocenters. The Balaban J connectivity index is 1.49. The maximum atomic E-state index is 13.0. The first-order valence-electron chi connectivity index (χ1n) is 9.91. The highest BCUT2D eigenvalue weighted by Gasteiger charge is 2.23. The number of piperazine rings is 1. The van der Waals surface area contributed by atoms with E-state index in [0.29, 0.717) is 17.9 Å². The van der Waals surface area contributed by atoms with Crippen molar-refractivity contribution in [2.75, 3.05) is 45.3 Å². The Morgan fingerprint density at radius 2 is 1.66 bits per heavy atom. The molecule has 0 radical (unpaired) electrons. The lowest BCUT2D eigenvalue weighted by molar-refractivity contribution is -0.130. The predicted octanol–water partition coefficient (Wildman–Crippen LogP) is 3.38. The van der Waals surface area contributed by atoms with Crippen LogP contribution in [0.2, 0.25) is 0 Å². The van der Waals surface area contributed by atoms with Crippen LogP contribution in [-0.4, -0.2) is 56.2 Å². The van der Waals surface area contributed by atoms with Crippen molar-refractivity contribution in [3.63, 3.8) is 0 Å². The summed E-state index contributed by atoms with van der Waals surface area (Å²) < 4.78 is 10.8. The van der Waals surface area contributed by atoms with Crippen LogP contribution in [0.1, 0.15) is 11.3 Å². The number of methoxy groups -OCH3 is 2. The first kappa shape index (κ1) is 19.2. The highest BCUT2D eigenvalue weighted by Crippen LogP contribution is 2.35. The molecule has 0 spiro atoms. The Hall–Kier alpha value is -3.15. The number of aryl methyl sites for hydroxylation is 1. The number of nitrogens with zero attached hydrogens (tertiary/aromatic N) is 2. The van der Waals surface area contributed by atoms with Gasteiger partial charge in [-0.3, -0.25) is 4.79 Å². The van der Waals surface area contributed by atoms with Crippen LogP contribution >= 0.6 is 0 Å². The van der Waals surface area contributed by atoms with Crippen LogP contribution in [0.3, 0.4) is 0 Å².